The molecule has 0 radical (unpaired) electrons. The number of carbonyl (C=O) groups excluding carboxylic acids is 3. The maximum atomic E-state index is 13.5. The van der Waals surface area contributed by atoms with E-state index in [1.54, 1.807) is 0 Å². The average Bonchev–Trinajstić information content (AvgIpc) is 3.08. The van der Waals surface area contributed by atoms with Crippen molar-refractivity contribution in [1.29, 1.82) is 0 Å². The number of nitrogens with two attached hydrogens (primary N) is 3. The molecule has 0 aromatic carbocycles. The Morgan fingerprint density at radius 2 is 1.72 bits per heavy atom. The first-order chi connectivity index (χ1) is 25.2. The summed E-state index contributed by atoms with van der Waals surface area (Å²) < 4.78 is 18.7. The van der Waals surface area contributed by atoms with Gasteiger partial charge in [0.25, 0.3) is 0 Å². The quantitative estimate of drug-likeness (QED) is 0.0368. The number of unbranched alkanes of at least 4 members (excludes halogenated alkanes) is 1. The number of carbonyl (C=O) groups is 4. The molecular formula is C41H66N4O9. The minimum atomic E-state index is -0.894. The van der Waals surface area contributed by atoms with Gasteiger partial charge in [0.15, 0.2) is 5.84 Å². The van der Waals surface area contributed by atoms with Crippen molar-refractivity contribution in [2.75, 3.05) is 19.8 Å². The molecule has 1 heterocycles. The van der Waals surface area contributed by atoms with Gasteiger partial charge in [-0.2, -0.15) is 0 Å². The molecule has 3 saturated carbocycles. The minimum absolute atomic E-state index is 0.0524. The Bertz CT molecular complexity index is 1530. The Balaban J connectivity index is 1.42. The number of rotatable bonds is 13. The summed E-state index contributed by atoms with van der Waals surface area (Å²) in [4.78, 5) is 56.7. The van der Waals surface area contributed by atoms with Gasteiger partial charge in [0.2, 0.25) is 0 Å². The summed E-state index contributed by atoms with van der Waals surface area (Å²) in [7, 11) is 0. The zero-order valence-corrected chi connectivity index (χ0v) is 33.8. The zero-order chi connectivity index (χ0) is 40.0. The van der Waals surface area contributed by atoms with Crippen LogP contribution in [0.15, 0.2) is 16.8 Å². The molecular weight excluding hydrogens is 692 g/mol. The number of amidine groups is 1. The molecule has 12 atom stereocenters. The molecule has 0 amide bonds. The third-order valence-electron chi connectivity index (χ3n) is 15.5. The third-order valence-corrected chi connectivity index (χ3v) is 15.5. The van der Waals surface area contributed by atoms with E-state index in [1.165, 1.54) is 12.5 Å². The van der Waals surface area contributed by atoms with Gasteiger partial charge in [0.1, 0.15) is 24.7 Å². The first-order valence-corrected chi connectivity index (χ1v) is 20.1. The molecule has 7 N–H and O–H groups in total. The van der Waals surface area contributed by atoms with Gasteiger partial charge in [0, 0.05) is 17.8 Å². The Morgan fingerprint density at radius 3 is 2.35 bits per heavy atom. The maximum absolute atomic E-state index is 13.5. The van der Waals surface area contributed by atoms with Crippen LogP contribution in [0.2, 0.25) is 0 Å². The fourth-order valence-corrected chi connectivity index (χ4v) is 12.3. The number of ether oxygens (including phenoxy) is 3. The molecule has 13 nitrogen and oxygen atoms in total. The van der Waals surface area contributed by atoms with Crippen molar-refractivity contribution in [2.45, 2.75) is 138 Å². The lowest BCUT2D eigenvalue weighted by molar-refractivity contribution is -0.262. The molecule has 5 rings (SSSR count). The van der Waals surface area contributed by atoms with Crippen molar-refractivity contribution >= 4 is 29.7 Å². The van der Waals surface area contributed by atoms with Crippen LogP contribution in [0, 0.1) is 56.7 Å². The van der Waals surface area contributed by atoms with E-state index in [0.717, 1.165) is 32.1 Å². The summed E-state index contributed by atoms with van der Waals surface area (Å²) >= 11 is 0. The van der Waals surface area contributed by atoms with E-state index in [4.69, 9.17) is 36.2 Å². The van der Waals surface area contributed by atoms with Gasteiger partial charge in [0.05, 0.1) is 19.1 Å². The predicted molar refractivity (Wildman–Crippen MR) is 202 cm³/mol. The van der Waals surface area contributed by atoms with Gasteiger partial charge in [-0.3, -0.25) is 14.4 Å². The fraction of sp³-hybridized carbons (Fsp3) is 0.829. The summed E-state index contributed by atoms with van der Waals surface area (Å²) in [5, 5.41) is 14.6. The van der Waals surface area contributed by atoms with Crippen LogP contribution < -0.4 is 17.2 Å². The van der Waals surface area contributed by atoms with Crippen molar-refractivity contribution in [3.8, 4) is 0 Å². The second-order valence-corrected chi connectivity index (χ2v) is 18.7. The Labute approximate surface area is 320 Å². The molecule has 2 bridgehead atoms. The third kappa shape index (κ3) is 6.99. The number of aliphatic carboxylic acids is 1. The zero-order valence-electron chi connectivity index (χ0n) is 33.8. The van der Waals surface area contributed by atoms with Crippen LogP contribution in [0.3, 0.4) is 0 Å². The number of esters is 2. The lowest BCUT2D eigenvalue weighted by atomic mass is 9.34. The van der Waals surface area contributed by atoms with Gasteiger partial charge in [-0.05, 0) is 97.8 Å². The molecule has 304 valence electrons. The van der Waals surface area contributed by atoms with Gasteiger partial charge in [-0.25, -0.2) is 4.79 Å². The van der Waals surface area contributed by atoms with Crippen molar-refractivity contribution in [3.63, 3.8) is 0 Å². The van der Waals surface area contributed by atoms with E-state index in [-0.39, 0.29) is 34.4 Å². The summed E-state index contributed by atoms with van der Waals surface area (Å²) in [6, 6.07) is -0.894. The largest absolute Gasteiger partial charge is 0.481 e. The number of allylic oxidation sites excluding steroid dienone is 1. The lowest BCUT2D eigenvalue weighted by Gasteiger charge is -2.71. The smallest absolute Gasteiger partial charge is 0.351 e. The van der Waals surface area contributed by atoms with Crippen molar-refractivity contribution in [3.05, 3.63) is 11.6 Å². The van der Waals surface area contributed by atoms with Crippen LogP contribution in [-0.2, 0) is 38.2 Å². The Kier molecular flexibility index (Phi) is 12.1. The highest BCUT2D eigenvalue weighted by atomic mass is 16.7. The number of oxime groups is 1. The fourth-order valence-electron chi connectivity index (χ4n) is 12.3. The molecule has 0 aromatic rings. The molecule has 5 aliphatic rings. The average molecular weight is 759 g/mol. The van der Waals surface area contributed by atoms with Crippen molar-refractivity contribution in [2.24, 2.45) is 79.0 Å². The van der Waals surface area contributed by atoms with Gasteiger partial charge < -0.3 is 41.4 Å². The number of carboxylic acid groups (broad SMARTS) is 1. The topological polar surface area (TPSA) is 216 Å². The highest BCUT2D eigenvalue weighted by Crippen LogP contribution is 2.75. The van der Waals surface area contributed by atoms with E-state index in [0.29, 0.717) is 51.4 Å². The van der Waals surface area contributed by atoms with Crippen molar-refractivity contribution < 1.29 is 43.3 Å². The maximum Gasteiger partial charge on any atom is 0.351 e. The first kappa shape index (κ1) is 42.1. The molecule has 13 heteroatoms. The van der Waals surface area contributed by atoms with Gasteiger partial charge >= 0.3 is 23.9 Å². The van der Waals surface area contributed by atoms with E-state index >= 15 is 0 Å². The molecule has 0 aromatic heterocycles. The standard InChI is InChI=1S/C41H66N4O9/c1-23(2)24(3)37(5)16-17-39(7)26-12-13-30-38(6)21-51-22-41(30,27(26)14-15-40(39,8)33(37)35(48)49)20-29(52-25(4)46)34(38)53-32(47)19-31(44)45-54-36(50)28(43)11-9-10-18-42/h14,23-24,26,28-30,33-34H,9-13,15-22,42-43H2,1-8H3,(H2,44,45)(H,48,49)/t24-,26+,28?,29-,30+,33-,34+,37-,38-,39-,40+,41-/m1/s1. The second-order valence-electron chi connectivity index (χ2n) is 18.7. The summed E-state index contributed by atoms with van der Waals surface area (Å²) in [6.45, 7) is 18.0. The van der Waals surface area contributed by atoms with Crippen LogP contribution in [-0.4, -0.2) is 72.8 Å². The molecule has 0 spiro atoms. The van der Waals surface area contributed by atoms with Crippen molar-refractivity contribution in [1.82, 2.24) is 0 Å². The highest BCUT2D eigenvalue weighted by Gasteiger charge is 2.72. The predicted octanol–water partition coefficient (Wildman–Crippen LogP) is 5.08. The Hall–Kier alpha value is -3.03. The molecule has 1 unspecified atom stereocenters. The normalized spacial score (nSPS) is 39.9. The second kappa shape index (κ2) is 15.5. The summed E-state index contributed by atoms with van der Waals surface area (Å²) in [5.41, 5.74) is 16.4. The number of carboxylic acids is 1. The lowest BCUT2D eigenvalue weighted by Crippen LogP contribution is -2.70. The summed E-state index contributed by atoms with van der Waals surface area (Å²) in [5.74, 6) is -2.64. The monoisotopic (exact) mass is 758 g/mol. The van der Waals surface area contributed by atoms with Crippen LogP contribution in [0.5, 0.6) is 0 Å². The Morgan fingerprint density at radius 1 is 1.02 bits per heavy atom. The van der Waals surface area contributed by atoms with Gasteiger partial charge in [-0.15, -0.1) is 0 Å². The van der Waals surface area contributed by atoms with Crippen LogP contribution >= 0.6 is 0 Å². The SMILES string of the molecule is CC(=O)O[C@@H]1C[C@]23COC[C@](C)([C@@H]2CC[C@H]2C3=CC[C@@]3(C)[C@H](C(=O)O)[C@@](C)([C@H](C)C(C)C)CC[C@]23C)[C@H]1OC(=O)C/C(N)=N/OC(=O)C(N)CCCCN. The van der Waals surface area contributed by atoms with E-state index < -0.39 is 70.7 Å². The van der Waals surface area contributed by atoms with Crippen LogP contribution in [0.1, 0.15) is 120 Å². The van der Waals surface area contributed by atoms with E-state index in [1.807, 2.05) is 0 Å². The van der Waals surface area contributed by atoms with Crippen LogP contribution in [0.4, 0.5) is 0 Å². The minimum Gasteiger partial charge on any atom is -0.481 e. The molecule has 1 aliphatic heterocycles. The molecule has 4 fully saturated rings. The van der Waals surface area contributed by atoms with Gasteiger partial charge in [-0.1, -0.05) is 71.7 Å². The number of nitrogens with zero attached hydrogens (tertiary/aromatic N) is 1. The van der Waals surface area contributed by atoms with Crippen LogP contribution in [0.25, 0.3) is 0 Å². The molecule has 54 heavy (non-hydrogen) atoms. The first-order valence-electron chi connectivity index (χ1n) is 20.1. The summed E-state index contributed by atoms with van der Waals surface area (Å²) in [6.07, 6.45) is 6.57. The number of hydrogen-bond acceptors (Lipinski definition) is 11. The molecule has 1 saturated heterocycles. The number of hydrogen-bond donors (Lipinski definition) is 4. The van der Waals surface area contributed by atoms with E-state index in [2.05, 4.69) is 59.7 Å². The highest BCUT2D eigenvalue weighted by molar-refractivity contribution is 5.96. The van der Waals surface area contributed by atoms with E-state index in [9.17, 15) is 24.3 Å². The number of fused-ring (bicyclic) bond motifs is 3. The molecule has 4 aliphatic carbocycles.